The van der Waals surface area contributed by atoms with E-state index in [1.165, 1.54) is 25.9 Å². The molecular formula is C19H38N2O. The van der Waals surface area contributed by atoms with Crippen molar-refractivity contribution in [3.63, 3.8) is 0 Å². The van der Waals surface area contributed by atoms with Crippen molar-refractivity contribution < 1.29 is 4.79 Å². The van der Waals surface area contributed by atoms with Gasteiger partial charge in [-0.2, -0.15) is 0 Å². The van der Waals surface area contributed by atoms with Crippen molar-refractivity contribution in [2.24, 2.45) is 4.99 Å². The summed E-state index contributed by atoms with van der Waals surface area (Å²) in [6.45, 7) is 21.1. The minimum absolute atomic E-state index is 0.330. The summed E-state index contributed by atoms with van der Waals surface area (Å²) in [5.74, 6) is 0.330. The molecule has 0 atom stereocenters. The average molecular weight is 311 g/mol. The molecule has 0 aromatic rings. The quantitative estimate of drug-likeness (QED) is 0.551. The highest BCUT2D eigenvalue weighted by Crippen LogP contribution is 2.12. The van der Waals surface area contributed by atoms with Crippen molar-refractivity contribution in [2.75, 3.05) is 13.1 Å². The van der Waals surface area contributed by atoms with Crippen LogP contribution in [0.5, 0.6) is 0 Å². The molecular weight excluding hydrogens is 272 g/mol. The van der Waals surface area contributed by atoms with Crippen LogP contribution in [0.3, 0.4) is 0 Å². The monoisotopic (exact) mass is 310 g/mol. The number of nitrogens with zero attached hydrogens (tertiary/aromatic N) is 1. The number of rotatable bonds is 5. The first-order valence-electron chi connectivity index (χ1n) is 8.52. The van der Waals surface area contributed by atoms with E-state index in [1.54, 1.807) is 6.92 Å². The molecule has 0 saturated carbocycles. The van der Waals surface area contributed by atoms with Gasteiger partial charge >= 0.3 is 0 Å². The molecule has 3 heteroatoms. The number of hydrogen-bond acceptors (Lipinski definition) is 3. The molecule has 0 saturated heterocycles. The number of carbonyl (C=O) groups excluding carboxylic acids is 1. The maximum atomic E-state index is 10.7. The van der Waals surface area contributed by atoms with Crippen LogP contribution in [0.25, 0.3) is 0 Å². The normalized spacial score (nSPS) is 12.3. The smallest absolute Gasteiger partial charge is 0.158 e. The molecule has 1 N–H and O–H groups in total. The third-order valence-electron chi connectivity index (χ3n) is 2.62. The first-order valence-corrected chi connectivity index (χ1v) is 8.52. The summed E-state index contributed by atoms with van der Waals surface area (Å²) in [5, 5.41) is 3.28. The van der Waals surface area contributed by atoms with Gasteiger partial charge in [0.05, 0.1) is 0 Å². The van der Waals surface area contributed by atoms with E-state index in [4.69, 9.17) is 0 Å². The van der Waals surface area contributed by atoms with Gasteiger partial charge in [0.2, 0.25) is 0 Å². The number of hydrogen-bond donors (Lipinski definition) is 1. The Balaban J connectivity index is -0.000000239. The third kappa shape index (κ3) is 23.8. The lowest BCUT2D eigenvalue weighted by atomic mass is 10.00. The Bertz CT molecular complexity index is 303. The number of ketones is 1. The fourth-order valence-corrected chi connectivity index (χ4v) is 1.37. The third-order valence-corrected chi connectivity index (χ3v) is 2.62. The first kappa shape index (κ1) is 25.7. The van der Waals surface area contributed by atoms with Gasteiger partial charge in [0.25, 0.3) is 0 Å². The van der Waals surface area contributed by atoms with Gasteiger partial charge in [-0.25, -0.2) is 0 Å². The van der Waals surface area contributed by atoms with E-state index in [0.29, 0.717) is 5.78 Å². The molecule has 1 aliphatic rings. The number of nitrogens with one attached hydrogen (secondary N) is 1. The molecule has 1 rings (SSSR count). The largest absolute Gasteiger partial charge is 0.317 e. The molecule has 3 nitrogen and oxygen atoms in total. The lowest BCUT2D eigenvalue weighted by Gasteiger charge is -2.04. The van der Waals surface area contributed by atoms with Crippen LogP contribution >= 0.6 is 0 Å². The molecule has 22 heavy (non-hydrogen) atoms. The minimum Gasteiger partial charge on any atom is -0.317 e. The zero-order valence-electron chi connectivity index (χ0n) is 15.8. The molecule has 0 bridgehead atoms. The average Bonchev–Trinajstić information content (AvgIpc) is 2.54. The SMILES string of the molecule is C=NC(=C)C.CC.CC1=CCCCC1=O.CCCNCCC. The fourth-order valence-electron chi connectivity index (χ4n) is 1.37. The first-order chi connectivity index (χ1) is 10.5. The van der Waals surface area contributed by atoms with E-state index in [0.717, 1.165) is 30.5 Å². The van der Waals surface area contributed by atoms with Crippen LogP contribution in [0.15, 0.2) is 28.9 Å². The molecule has 0 aromatic carbocycles. The van der Waals surface area contributed by atoms with Gasteiger partial charge in [-0.1, -0.05) is 40.3 Å². The summed E-state index contributed by atoms with van der Waals surface area (Å²) < 4.78 is 0. The van der Waals surface area contributed by atoms with E-state index in [9.17, 15) is 4.79 Å². The summed E-state index contributed by atoms with van der Waals surface area (Å²) in [5.41, 5.74) is 1.72. The van der Waals surface area contributed by atoms with Gasteiger partial charge in [0.1, 0.15) is 0 Å². The second kappa shape index (κ2) is 22.1. The van der Waals surface area contributed by atoms with Crippen LogP contribution in [0.2, 0.25) is 0 Å². The molecule has 0 radical (unpaired) electrons. The zero-order valence-corrected chi connectivity index (χ0v) is 15.8. The van der Waals surface area contributed by atoms with Crippen LogP contribution in [0.4, 0.5) is 0 Å². The summed E-state index contributed by atoms with van der Waals surface area (Å²) in [7, 11) is 0. The highest BCUT2D eigenvalue weighted by molar-refractivity contribution is 5.95. The fraction of sp³-hybridized carbons (Fsp3) is 0.684. The summed E-state index contributed by atoms with van der Waals surface area (Å²) in [6, 6.07) is 0. The van der Waals surface area contributed by atoms with Crippen LogP contribution in [-0.4, -0.2) is 25.6 Å². The van der Waals surface area contributed by atoms with E-state index in [2.05, 4.69) is 37.5 Å². The van der Waals surface area contributed by atoms with Crippen molar-refractivity contribution in [2.45, 2.75) is 73.6 Å². The zero-order chi connectivity index (χ0) is 17.8. The van der Waals surface area contributed by atoms with Crippen LogP contribution < -0.4 is 5.32 Å². The molecule has 0 spiro atoms. The van der Waals surface area contributed by atoms with Crippen LogP contribution in [-0.2, 0) is 4.79 Å². The van der Waals surface area contributed by atoms with Crippen LogP contribution in [0, 0.1) is 0 Å². The predicted molar refractivity (Wildman–Crippen MR) is 102 cm³/mol. The molecule has 0 fully saturated rings. The van der Waals surface area contributed by atoms with Gasteiger partial charge in [-0.15, -0.1) is 0 Å². The molecule has 1 aliphatic carbocycles. The van der Waals surface area contributed by atoms with Gasteiger partial charge < -0.3 is 5.32 Å². The van der Waals surface area contributed by atoms with E-state index in [1.807, 2.05) is 26.8 Å². The van der Waals surface area contributed by atoms with E-state index < -0.39 is 0 Å². The number of Topliss-reactive ketones (excluding diaryl/α,β-unsaturated/α-hetero) is 1. The number of allylic oxidation sites excluding steroid dienone is 3. The molecule has 0 heterocycles. The Morgan fingerprint density at radius 1 is 1.27 bits per heavy atom. The second-order valence-corrected chi connectivity index (χ2v) is 4.85. The molecule has 0 aliphatic heterocycles. The van der Waals surface area contributed by atoms with Crippen molar-refractivity contribution in [1.29, 1.82) is 0 Å². The standard InChI is InChI=1S/C7H10O.C6H15N.C4H7N.C2H6/c1-6-4-2-3-5-7(6)8;1-3-5-7-6-4-2;1-4(2)5-3;1-2/h4H,2-3,5H2,1H3;7H,3-6H2,1-2H3;1,3H2,2H3;1-2H3. The highest BCUT2D eigenvalue weighted by Gasteiger charge is 2.06. The Labute approximate surface area is 139 Å². The van der Waals surface area contributed by atoms with Gasteiger partial charge in [0, 0.05) is 12.1 Å². The van der Waals surface area contributed by atoms with E-state index >= 15 is 0 Å². The molecule has 0 amide bonds. The summed E-state index contributed by atoms with van der Waals surface area (Å²) in [6.07, 6.45) is 7.43. The maximum Gasteiger partial charge on any atom is 0.158 e. The van der Waals surface area contributed by atoms with Crippen molar-refractivity contribution in [1.82, 2.24) is 5.32 Å². The Kier molecular flexibility index (Phi) is 25.8. The lowest BCUT2D eigenvalue weighted by molar-refractivity contribution is -0.115. The maximum absolute atomic E-state index is 10.7. The minimum atomic E-state index is 0.330. The summed E-state index contributed by atoms with van der Waals surface area (Å²) in [4.78, 5) is 14.2. The van der Waals surface area contributed by atoms with Gasteiger partial charge in [-0.3, -0.25) is 9.79 Å². The second-order valence-electron chi connectivity index (χ2n) is 4.85. The number of aliphatic imine (C=N–C) groups is 1. The Hall–Kier alpha value is -1.22. The number of carbonyl (C=O) groups is 1. The van der Waals surface area contributed by atoms with Gasteiger partial charge in [-0.05, 0) is 64.9 Å². The predicted octanol–water partition coefficient (Wildman–Crippen LogP) is 5.33. The van der Waals surface area contributed by atoms with E-state index in [-0.39, 0.29) is 0 Å². The molecule has 0 unspecified atom stereocenters. The topological polar surface area (TPSA) is 41.5 Å². The van der Waals surface area contributed by atoms with Gasteiger partial charge in [0.15, 0.2) is 5.78 Å². The molecule has 0 aromatic heterocycles. The Morgan fingerprint density at radius 2 is 1.73 bits per heavy atom. The summed E-state index contributed by atoms with van der Waals surface area (Å²) >= 11 is 0. The van der Waals surface area contributed by atoms with Crippen LogP contribution in [0.1, 0.15) is 73.6 Å². The van der Waals surface area contributed by atoms with Crippen molar-refractivity contribution in [3.8, 4) is 0 Å². The Morgan fingerprint density at radius 3 is 1.95 bits per heavy atom. The molecule has 130 valence electrons. The highest BCUT2D eigenvalue weighted by atomic mass is 16.1. The van der Waals surface area contributed by atoms with Crippen molar-refractivity contribution in [3.05, 3.63) is 23.9 Å². The lowest BCUT2D eigenvalue weighted by Crippen LogP contribution is -2.14. The van der Waals surface area contributed by atoms with Crippen molar-refractivity contribution >= 4 is 12.5 Å².